The molecule has 0 unspecified atom stereocenters. The van der Waals surface area contributed by atoms with Crippen LogP contribution in [0.2, 0.25) is 0 Å². The molecule has 11 heteroatoms. The average Bonchev–Trinajstić information content (AvgIpc) is 3.37. The third-order valence-corrected chi connectivity index (χ3v) is 9.27. The predicted octanol–water partition coefficient (Wildman–Crippen LogP) is 6.56. The Labute approximate surface area is 241 Å². The van der Waals surface area contributed by atoms with Gasteiger partial charge in [-0.15, -0.1) is 0 Å². The molecule has 0 saturated carbocycles. The lowest BCUT2D eigenvalue weighted by Crippen LogP contribution is -2.32. The Morgan fingerprint density at radius 3 is 2.31 bits per heavy atom. The van der Waals surface area contributed by atoms with Gasteiger partial charge in [0.2, 0.25) is 15.2 Å². The number of ether oxygens (including phenoxy) is 1. The third kappa shape index (κ3) is 6.73. The molecule has 0 N–H and O–H groups in total. The van der Waals surface area contributed by atoms with Gasteiger partial charge in [0.25, 0.3) is 5.91 Å². The number of thiazole rings is 1. The molecule has 1 heterocycles. The maximum Gasteiger partial charge on any atom is 0.280 e. The Bertz CT molecular complexity index is 1560. The second-order valence-corrected chi connectivity index (χ2v) is 12.5. The fourth-order valence-corrected chi connectivity index (χ4v) is 6.70. The van der Waals surface area contributed by atoms with Crippen LogP contribution in [0.5, 0.6) is 5.75 Å². The second-order valence-electron chi connectivity index (χ2n) is 8.67. The van der Waals surface area contributed by atoms with Gasteiger partial charge in [0.05, 0.1) is 28.4 Å². The van der Waals surface area contributed by atoms with Crippen LogP contribution in [0.15, 0.2) is 81.2 Å². The molecule has 0 aliphatic carbocycles. The largest absolute Gasteiger partial charge is 0.497 e. The number of rotatable bonds is 11. The van der Waals surface area contributed by atoms with Gasteiger partial charge < -0.3 is 4.74 Å². The normalized spacial score (nSPS) is 11.9. The van der Waals surface area contributed by atoms with Crippen molar-refractivity contribution in [3.8, 4) is 5.75 Å². The number of amides is 1. The maximum atomic E-state index is 13.7. The summed E-state index contributed by atoms with van der Waals surface area (Å²) in [5.41, 5.74) is 1.80. The molecule has 1 amide bonds. The number of benzene rings is 3. The minimum Gasteiger partial charge on any atom is -0.497 e. The molecule has 0 radical (unpaired) electrons. The van der Waals surface area contributed by atoms with E-state index in [0.29, 0.717) is 29.5 Å². The molecule has 3 aromatic carbocycles. The van der Waals surface area contributed by atoms with Crippen molar-refractivity contribution in [1.29, 1.82) is 0 Å². The van der Waals surface area contributed by atoms with Crippen LogP contribution in [0.25, 0.3) is 10.2 Å². The van der Waals surface area contributed by atoms with Crippen LogP contribution in [-0.4, -0.2) is 50.0 Å². The van der Waals surface area contributed by atoms with Crippen molar-refractivity contribution < 1.29 is 17.9 Å². The summed E-state index contributed by atoms with van der Waals surface area (Å²) < 4.78 is 34.9. The number of hydrazone groups is 1. The summed E-state index contributed by atoms with van der Waals surface area (Å²) in [5.74, 6) is 0.253. The summed E-state index contributed by atoms with van der Waals surface area (Å²) in [6, 6.07) is 19.0. The number of fused-ring (bicyclic) bond motifs is 1. The Balaban J connectivity index is 1.69. The van der Waals surface area contributed by atoms with Crippen LogP contribution in [-0.2, 0) is 10.0 Å². The first-order chi connectivity index (χ1) is 18.8. The number of hydrogen-bond acceptors (Lipinski definition) is 7. The van der Waals surface area contributed by atoms with E-state index in [4.69, 9.17) is 4.74 Å². The monoisotopic (exact) mass is 628 g/mol. The molecule has 0 saturated heterocycles. The second kappa shape index (κ2) is 12.8. The first-order valence-electron chi connectivity index (χ1n) is 12.5. The number of nitrogens with zero attached hydrogens (tertiary/aromatic N) is 4. The molecule has 8 nitrogen and oxygen atoms in total. The number of hydrogen-bond donors (Lipinski definition) is 0. The highest BCUT2D eigenvalue weighted by Gasteiger charge is 2.25. The van der Waals surface area contributed by atoms with Crippen LogP contribution in [0.1, 0.15) is 42.6 Å². The van der Waals surface area contributed by atoms with Gasteiger partial charge in [-0.2, -0.15) is 14.4 Å². The molecular weight excluding hydrogens is 600 g/mol. The zero-order valence-electron chi connectivity index (χ0n) is 21.9. The van der Waals surface area contributed by atoms with E-state index in [1.54, 1.807) is 13.3 Å². The SMILES string of the molecule is CCCN(CCC)S(=O)(=O)c1ccc(C(=O)N(/N=C/c2ccc(Br)cc2)c2nc3ccc(OC)cc3s2)cc1. The number of anilines is 1. The summed E-state index contributed by atoms with van der Waals surface area (Å²) in [7, 11) is -2.07. The van der Waals surface area contributed by atoms with Crippen LogP contribution >= 0.6 is 27.3 Å². The summed E-state index contributed by atoms with van der Waals surface area (Å²) in [4.78, 5) is 18.5. The van der Waals surface area contributed by atoms with E-state index in [1.165, 1.54) is 44.9 Å². The highest BCUT2D eigenvalue weighted by molar-refractivity contribution is 9.10. The molecule has 0 bridgehead atoms. The van der Waals surface area contributed by atoms with E-state index in [-0.39, 0.29) is 10.5 Å². The summed E-state index contributed by atoms with van der Waals surface area (Å²) in [5, 5.41) is 6.11. The fraction of sp³-hybridized carbons (Fsp3) is 0.250. The van der Waals surface area contributed by atoms with Gasteiger partial charge in [-0.25, -0.2) is 13.4 Å². The molecule has 0 aliphatic rings. The molecule has 0 spiro atoms. The van der Waals surface area contributed by atoms with Crippen molar-refractivity contribution in [1.82, 2.24) is 9.29 Å². The fourth-order valence-electron chi connectivity index (χ4n) is 3.86. The first kappa shape index (κ1) is 28.9. The maximum absolute atomic E-state index is 13.7. The van der Waals surface area contributed by atoms with E-state index >= 15 is 0 Å². The lowest BCUT2D eigenvalue weighted by atomic mass is 10.2. The van der Waals surface area contributed by atoms with Crippen molar-refractivity contribution in [3.05, 3.63) is 82.3 Å². The summed E-state index contributed by atoms with van der Waals surface area (Å²) >= 11 is 4.73. The standard InChI is InChI=1S/C28H29BrN4O4S2/c1-4-16-32(17-5-2)39(35,36)24-13-8-21(9-14-24)27(34)33(30-19-20-6-10-22(29)11-7-20)28-31-25-15-12-23(37-3)18-26(25)38-28/h6-15,18-19H,4-5,16-17H2,1-3H3/b30-19+. The van der Waals surface area contributed by atoms with Crippen molar-refractivity contribution >= 4 is 64.8 Å². The van der Waals surface area contributed by atoms with E-state index in [9.17, 15) is 13.2 Å². The third-order valence-electron chi connectivity index (χ3n) is 5.84. The van der Waals surface area contributed by atoms with E-state index in [2.05, 4.69) is 26.0 Å². The van der Waals surface area contributed by atoms with Crippen molar-refractivity contribution in [3.63, 3.8) is 0 Å². The zero-order chi connectivity index (χ0) is 28.0. The lowest BCUT2D eigenvalue weighted by Gasteiger charge is -2.21. The van der Waals surface area contributed by atoms with E-state index in [0.717, 1.165) is 27.6 Å². The lowest BCUT2D eigenvalue weighted by molar-refractivity contribution is 0.0987. The van der Waals surface area contributed by atoms with Gasteiger partial charge in [0.1, 0.15) is 5.75 Å². The minimum absolute atomic E-state index is 0.151. The van der Waals surface area contributed by atoms with Crippen molar-refractivity contribution in [2.75, 3.05) is 25.2 Å². The average molecular weight is 630 g/mol. The minimum atomic E-state index is -3.66. The Kier molecular flexibility index (Phi) is 9.49. The molecule has 1 aromatic heterocycles. The quantitative estimate of drug-likeness (QED) is 0.139. The number of carbonyl (C=O) groups excluding carboxylic acids is 1. The smallest absolute Gasteiger partial charge is 0.280 e. The van der Waals surface area contributed by atoms with Crippen LogP contribution in [0.4, 0.5) is 5.13 Å². The van der Waals surface area contributed by atoms with Gasteiger partial charge in [0, 0.05) is 23.1 Å². The van der Waals surface area contributed by atoms with Gasteiger partial charge in [0.15, 0.2) is 0 Å². The topological polar surface area (TPSA) is 92.2 Å². The van der Waals surface area contributed by atoms with Gasteiger partial charge in [-0.3, -0.25) is 4.79 Å². The highest BCUT2D eigenvalue weighted by atomic mass is 79.9. The van der Waals surface area contributed by atoms with Gasteiger partial charge >= 0.3 is 0 Å². The van der Waals surface area contributed by atoms with Crippen molar-refractivity contribution in [2.45, 2.75) is 31.6 Å². The molecule has 204 valence electrons. The number of methoxy groups -OCH3 is 1. The Morgan fingerprint density at radius 2 is 1.69 bits per heavy atom. The number of aromatic nitrogens is 1. The highest BCUT2D eigenvalue weighted by Crippen LogP contribution is 2.32. The Hall–Kier alpha value is -3.12. The van der Waals surface area contributed by atoms with Gasteiger partial charge in [-0.05, 0) is 73.0 Å². The first-order valence-corrected chi connectivity index (χ1v) is 15.5. The van der Waals surface area contributed by atoms with E-state index in [1.807, 2.05) is 56.3 Å². The number of sulfonamides is 1. The molecular formula is C28H29BrN4O4S2. The summed E-state index contributed by atoms with van der Waals surface area (Å²) in [6.45, 7) is 4.78. The Morgan fingerprint density at radius 1 is 1.03 bits per heavy atom. The molecule has 39 heavy (non-hydrogen) atoms. The van der Waals surface area contributed by atoms with Gasteiger partial charge in [-0.1, -0.05) is 53.2 Å². The van der Waals surface area contributed by atoms with E-state index < -0.39 is 15.9 Å². The number of halogens is 1. The zero-order valence-corrected chi connectivity index (χ0v) is 25.1. The summed E-state index contributed by atoms with van der Waals surface area (Å²) in [6.07, 6.45) is 3.02. The molecule has 0 atom stereocenters. The van der Waals surface area contributed by atoms with Crippen LogP contribution in [0.3, 0.4) is 0 Å². The molecule has 0 aliphatic heterocycles. The number of carbonyl (C=O) groups is 1. The van der Waals surface area contributed by atoms with Crippen LogP contribution in [0, 0.1) is 0 Å². The van der Waals surface area contributed by atoms with Crippen molar-refractivity contribution in [2.24, 2.45) is 5.10 Å². The molecule has 0 fully saturated rings. The predicted molar refractivity (Wildman–Crippen MR) is 161 cm³/mol. The molecule has 4 aromatic rings. The van der Waals surface area contributed by atoms with Crippen LogP contribution < -0.4 is 9.75 Å². The molecule has 4 rings (SSSR count).